The Hall–Kier alpha value is -0.510. The van der Waals surface area contributed by atoms with Crippen LogP contribution in [0.4, 0.5) is 5.82 Å². The molecular formula is C12H16Cl2N2O. The van der Waals surface area contributed by atoms with Crippen molar-refractivity contribution in [3.63, 3.8) is 0 Å². The van der Waals surface area contributed by atoms with Gasteiger partial charge in [0, 0.05) is 32.3 Å². The summed E-state index contributed by atoms with van der Waals surface area (Å²) in [6, 6.07) is 1.88. The zero-order valence-electron chi connectivity index (χ0n) is 9.83. The lowest BCUT2D eigenvalue weighted by Crippen LogP contribution is -2.39. The van der Waals surface area contributed by atoms with Gasteiger partial charge in [0.25, 0.3) is 0 Å². The molecule has 3 nitrogen and oxygen atoms in total. The molecule has 1 unspecified atom stereocenters. The highest BCUT2D eigenvalue weighted by Gasteiger charge is 2.22. The third-order valence-electron chi connectivity index (χ3n) is 3.04. The Morgan fingerprint density at radius 2 is 2.41 bits per heavy atom. The lowest BCUT2D eigenvalue weighted by molar-refractivity contribution is 0.0891. The standard InChI is InChI=1S/C12H16Cl2N2O/c1-17-10-3-2-4-16(8-10)12-11(14)5-9(6-13)7-15-12/h5,7,10H,2-4,6,8H2,1H3. The summed E-state index contributed by atoms with van der Waals surface area (Å²) in [5, 5.41) is 0.667. The number of hydrogen-bond acceptors (Lipinski definition) is 3. The highest BCUT2D eigenvalue weighted by molar-refractivity contribution is 6.33. The van der Waals surface area contributed by atoms with E-state index >= 15 is 0 Å². The van der Waals surface area contributed by atoms with Crippen molar-refractivity contribution in [3.8, 4) is 0 Å². The van der Waals surface area contributed by atoms with Gasteiger partial charge in [-0.3, -0.25) is 0 Å². The van der Waals surface area contributed by atoms with Crippen LogP contribution in [0.25, 0.3) is 0 Å². The van der Waals surface area contributed by atoms with Gasteiger partial charge in [-0.1, -0.05) is 11.6 Å². The molecule has 1 aliphatic rings. The largest absolute Gasteiger partial charge is 0.380 e. The van der Waals surface area contributed by atoms with Crippen molar-refractivity contribution >= 4 is 29.0 Å². The summed E-state index contributed by atoms with van der Waals surface area (Å²) in [6.07, 6.45) is 4.26. The molecule has 5 heteroatoms. The Bertz CT molecular complexity index is 387. The average molecular weight is 275 g/mol. The Morgan fingerprint density at radius 3 is 3.06 bits per heavy atom. The Morgan fingerprint density at radius 1 is 1.59 bits per heavy atom. The first-order valence-electron chi connectivity index (χ1n) is 5.72. The number of methoxy groups -OCH3 is 1. The van der Waals surface area contributed by atoms with E-state index in [9.17, 15) is 0 Å². The third kappa shape index (κ3) is 3.03. The first-order valence-corrected chi connectivity index (χ1v) is 6.64. The smallest absolute Gasteiger partial charge is 0.147 e. The van der Waals surface area contributed by atoms with Crippen molar-refractivity contribution in [1.82, 2.24) is 4.98 Å². The molecule has 0 spiro atoms. The Balaban J connectivity index is 2.16. The Kier molecular flexibility index (Phi) is 4.48. The number of nitrogens with zero attached hydrogens (tertiary/aromatic N) is 2. The van der Waals surface area contributed by atoms with Gasteiger partial charge in [-0.2, -0.15) is 0 Å². The predicted octanol–water partition coefficient (Wildman–Crippen LogP) is 3.09. The molecule has 0 radical (unpaired) electrons. The normalized spacial score (nSPS) is 20.6. The van der Waals surface area contributed by atoms with Gasteiger partial charge in [-0.25, -0.2) is 4.98 Å². The van der Waals surface area contributed by atoms with Gasteiger partial charge in [-0.15, -0.1) is 11.6 Å². The second-order valence-electron chi connectivity index (χ2n) is 4.23. The quantitative estimate of drug-likeness (QED) is 0.793. The van der Waals surface area contributed by atoms with Crippen LogP contribution in [0, 0.1) is 0 Å². The van der Waals surface area contributed by atoms with Crippen molar-refractivity contribution < 1.29 is 4.74 Å². The zero-order chi connectivity index (χ0) is 12.3. The summed E-state index contributed by atoms with van der Waals surface area (Å²) in [5.74, 6) is 1.27. The van der Waals surface area contributed by atoms with E-state index < -0.39 is 0 Å². The van der Waals surface area contributed by atoms with Gasteiger partial charge in [0.2, 0.25) is 0 Å². The second kappa shape index (κ2) is 5.89. The summed E-state index contributed by atoms with van der Waals surface area (Å²) < 4.78 is 5.39. The minimum Gasteiger partial charge on any atom is -0.380 e. The summed E-state index contributed by atoms with van der Waals surface area (Å²) in [4.78, 5) is 6.57. The van der Waals surface area contributed by atoms with E-state index in [1.54, 1.807) is 13.3 Å². The molecule has 17 heavy (non-hydrogen) atoms. The molecule has 0 bridgehead atoms. The number of ether oxygens (including phenoxy) is 1. The zero-order valence-corrected chi connectivity index (χ0v) is 11.3. The van der Waals surface area contributed by atoms with E-state index in [4.69, 9.17) is 27.9 Å². The monoisotopic (exact) mass is 274 g/mol. The van der Waals surface area contributed by atoms with E-state index in [1.165, 1.54) is 0 Å². The lowest BCUT2D eigenvalue weighted by Gasteiger charge is -2.33. The van der Waals surface area contributed by atoms with Crippen LogP contribution in [0.15, 0.2) is 12.3 Å². The minimum absolute atomic E-state index is 0.273. The van der Waals surface area contributed by atoms with Crippen LogP contribution >= 0.6 is 23.2 Å². The number of hydrogen-bond donors (Lipinski definition) is 0. The van der Waals surface area contributed by atoms with Crippen LogP contribution in [0.1, 0.15) is 18.4 Å². The third-order valence-corrected chi connectivity index (χ3v) is 3.63. The van der Waals surface area contributed by atoms with Crippen LogP contribution in [0.2, 0.25) is 5.02 Å². The van der Waals surface area contributed by atoms with E-state index in [0.29, 0.717) is 10.9 Å². The van der Waals surface area contributed by atoms with Gasteiger partial charge in [0.05, 0.1) is 11.1 Å². The van der Waals surface area contributed by atoms with E-state index in [2.05, 4.69) is 9.88 Å². The summed E-state index contributed by atoms with van der Waals surface area (Å²) >= 11 is 12.0. The van der Waals surface area contributed by atoms with E-state index in [1.807, 2.05) is 6.07 Å². The SMILES string of the molecule is COC1CCCN(c2ncc(CCl)cc2Cl)C1. The fraction of sp³-hybridized carbons (Fsp3) is 0.583. The molecule has 1 aromatic heterocycles. The Labute approximate surface area is 112 Å². The summed E-state index contributed by atoms with van der Waals surface area (Å²) in [7, 11) is 1.75. The molecule has 0 N–H and O–H groups in total. The van der Waals surface area contributed by atoms with Crippen LogP contribution in [0.5, 0.6) is 0 Å². The van der Waals surface area contributed by atoms with Crippen LogP contribution < -0.4 is 4.90 Å². The first-order chi connectivity index (χ1) is 8.24. The van der Waals surface area contributed by atoms with Gasteiger partial charge in [-0.05, 0) is 24.5 Å². The van der Waals surface area contributed by atoms with Crippen molar-refractivity contribution in [3.05, 3.63) is 22.8 Å². The summed E-state index contributed by atoms with van der Waals surface area (Å²) in [6.45, 7) is 1.83. The van der Waals surface area contributed by atoms with Crippen molar-refractivity contribution in [1.29, 1.82) is 0 Å². The molecule has 1 aromatic rings. The molecule has 0 aliphatic carbocycles. The van der Waals surface area contributed by atoms with Crippen LogP contribution in [-0.2, 0) is 10.6 Å². The number of aromatic nitrogens is 1. The fourth-order valence-corrected chi connectivity index (χ4v) is 2.55. The molecule has 2 rings (SSSR count). The molecular weight excluding hydrogens is 259 g/mol. The van der Waals surface area contributed by atoms with Crippen LogP contribution in [-0.4, -0.2) is 31.3 Å². The van der Waals surface area contributed by atoms with E-state index in [-0.39, 0.29) is 6.10 Å². The van der Waals surface area contributed by atoms with Crippen molar-refractivity contribution in [2.24, 2.45) is 0 Å². The maximum absolute atomic E-state index is 6.23. The van der Waals surface area contributed by atoms with Gasteiger partial charge in [0.1, 0.15) is 5.82 Å². The molecule has 94 valence electrons. The topological polar surface area (TPSA) is 25.4 Å². The molecule has 0 aromatic carbocycles. The predicted molar refractivity (Wildman–Crippen MR) is 71.0 cm³/mol. The highest BCUT2D eigenvalue weighted by Crippen LogP contribution is 2.27. The van der Waals surface area contributed by atoms with Crippen molar-refractivity contribution in [2.75, 3.05) is 25.1 Å². The molecule has 1 fully saturated rings. The van der Waals surface area contributed by atoms with E-state index in [0.717, 1.165) is 37.3 Å². The minimum atomic E-state index is 0.273. The van der Waals surface area contributed by atoms with Gasteiger partial charge in [0.15, 0.2) is 0 Å². The number of halogens is 2. The number of rotatable bonds is 3. The van der Waals surface area contributed by atoms with Crippen molar-refractivity contribution in [2.45, 2.75) is 24.8 Å². The van der Waals surface area contributed by atoms with Gasteiger partial charge < -0.3 is 9.64 Å². The second-order valence-corrected chi connectivity index (χ2v) is 4.90. The number of pyridine rings is 1. The maximum Gasteiger partial charge on any atom is 0.147 e. The number of alkyl halides is 1. The highest BCUT2D eigenvalue weighted by atomic mass is 35.5. The molecule has 2 heterocycles. The number of anilines is 1. The molecule has 1 atom stereocenters. The molecule has 0 amide bonds. The number of piperidine rings is 1. The summed E-state index contributed by atoms with van der Waals surface area (Å²) in [5.41, 5.74) is 0.945. The average Bonchev–Trinajstić information content (AvgIpc) is 2.38. The fourth-order valence-electron chi connectivity index (χ4n) is 2.10. The van der Waals surface area contributed by atoms with Crippen LogP contribution in [0.3, 0.4) is 0 Å². The molecule has 1 saturated heterocycles. The lowest BCUT2D eigenvalue weighted by atomic mass is 10.1. The molecule has 1 aliphatic heterocycles. The molecule has 0 saturated carbocycles. The first kappa shape index (κ1) is 12.9. The van der Waals surface area contributed by atoms with Gasteiger partial charge >= 0.3 is 0 Å². The maximum atomic E-state index is 6.23.